The number of H-pyrrole nitrogens is 1. The fourth-order valence-corrected chi connectivity index (χ4v) is 3.71. The van der Waals surface area contributed by atoms with Gasteiger partial charge in [-0.15, -0.1) is 0 Å². The molecule has 1 aromatic heterocycles. The van der Waals surface area contributed by atoms with Gasteiger partial charge in [-0.2, -0.15) is 0 Å². The fraction of sp³-hybridized carbons (Fsp3) is 0.0667. The largest absolute Gasteiger partial charge is 0.497 e. The summed E-state index contributed by atoms with van der Waals surface area (Å²) in [6.07, 6.45) is 2.04. The van der Waals surface area contributed by atoms with Crippen molar-refractivity contribution in [2.75, 3.05) is 7.11 Å². The third-order valence-corrected chi connectivity index (χ3v) is 4.58. The first-order valence-electron chi connectivity index (χ1n) is 5.85. The molecule has 0 spiro atoms. The van der Waals surface area contributed by atoms with Crippen LogP contribution in [0.1, 0.15) is 0 Å². The molecule has 0 aliphatic carbocycles. The molecule has 1 heterocycles. The number of rotatable bonds is 3. The molecule has 96 valence electrons. The van der Waals surface area contributed by atoms with Gasteiger partial charge in [0, 0.05) is 31.4 Å². The lowest BCUT2D eigenvalue weighted by atomic mass is 10.2. The van der Waals surface area contributed by atoms with Crippen molar-refractivity contribution in [3.63, 3.8) is 0 Å². The number of halogens is 1. The predicted octanol–water partition coefficient (Wildman–Crippen LogP) is 5.09. The molecule has 0 aliphatic heterocycles. The molecule has 0 unspecified atom stereocenters. The van der Waals surface area contributed by atoms with Crippen molar-refractivity contribution in [3.05, 3.63) is 53.1 Å². The number of aromatic nitrogens is 1. The number of methoxy groups -OCH3 is 1. The number of nitrogens with one attached hydrogen (secondary N) is 1. The molecule has 0 fully saturated rings. The molecule has 0 bridgehead atoms. The van der Waals surface area contributed by atoms with Crippen molar-refractivity contribution in [2.45, 2.75) is 9.79 Å². The minimum Gasteiger partial charge on any atom is -0.497 e. The molecule has 0 saturated heterocycles. The van der Waals surface area contributed by atoms with E-state index in [1.165, 1.54) is 10.3 Å². The van der Waals surface area contributed by atoms with Gasteiger partial charge in [0.25, 0.3) is 0 Å². The summed E-state index contributed by atoms with van der Waals surface area (Å²) < 4.78 is 6.36. The zero-order valence-corrected chi connectivity index (χ0v) is 12.7. The summed E-state index contributed by atoms with van der Waals surface area (Å²) >= 11 is 5.34. The van der Waals surface area contributed by atoms with E-state index in [1.807, 2.05) is 30.5 Å². The normalized spacial score (nSPS) is 10.8. The van der Waals surface area contributed by atoms with Gasteiger partial charge in [-0.1, -0.05) is 39.8 Å². The first-order valence-corrected chi connectivity index (χ1v) is 7.46. The van der Waals surface area contributed by atoms with Gasteiger partial charge in [0.15, 0.2) is 0 Å². The lowest BCUT2D eigenvalue weighted by Gasteiger charge is -2.04. The molecule has 1 N–H and O–H groups in total. The summed E-state index contributed by atoms with van der Waals surface area (Å²) in [4.78, 5) is 5.66. The second kappa shape index (κ2) is 5.31. The van der Waals surface area contributed by atoms with Gasteiger partial charge < -0.3 is 9.72 Å². The van der Waals surface area contributed by atoms with Gasteiger partial charge in [0.1, 0.15) is 5.75 Å². The highest BCUT2D eigenvalue weighted by atomic mass is 79.9. The van der Waals surface area contributed by atoms with Gasteiger partial charge in [0.2, 0.25) is 0 Å². The van der Waals surface area contributed by atoms with E-state index in [4.69, 9.17) is 4.74 Å². The van der Waals surface area contributed by atoms with E-state index in [2.05, 4.69) is 39.1 Å². The number of aromatic amines is 1. The van der Waals surface area contributed by atoms with E-state index in [0.717, 1.165) is 20.6 Å². The van der Waals surface area contributed by atoms with E-state index in [-0.39, 0.29) is 0 Å². The van der Waals surface area contributed by atoms with E-state index < -0.39 is 0 Å². The van der Waals surface area contributed by atoms with E-state index in [9.17, 15) is 0 Å². The van der Waals surface area contributed by atoms with Gasteiger partial charge in [0.05, 0.1) is 7.11 Å². The Morgan fingerprint density at radius 2 is 2.00 bits per heavy atom. The SMILES string of the molecule is COc1cccc(Sc2c[nH]c3cccc(Br)c23)c1. The summed E-state index contributed by atoms with van der Waals surface area (Å²) in [6.45, 7) is 0. The average molecular weight is 334 g/mol. The van der Waals surface area contributed by atoms with Crippen LogP contribution >= 0.6 is 27.7 Å². The summed E-state index contributed by atoms with van der Waals surface area (Å²) in [5, 5.41) is 1.22. The molecule has 2 aromatic carbocycles. The Morgan fingerprint density at radius 1 is 1.16 bits per heavy atom. The van der Waals surface area contributed by atoms with Crippen LogP contribution in [0.4, 0.5) is 0 Å². The second-order valence-corrected chi connectivity index (χ2v) is 6.07. The van der Waals surface area contributed by atoms with Crippen LogP contribution in [-0.4, -0.2) is 12.1 Å². The van der Waals surface area contributed by atoms with Crippen molar-refractivity contribution in [3.8, 4) is 5.75 Å². The van der Waals surface area contributed by atoms with Crippen molar-refractivity contribution in [2.24, 2.45) is 0 Å². The molecule has 3 rings (SSSR count). The van der Waals surface area contributed by atoms with E-state index in [1.54, 1.807) is 18.9 Å². The maximum absolute atomic E-state index is 5.25. The second-order valence-electron chi connectivity index (χ2n) is 4.10. The number of ether oxygens (including phenoxy) is 1. The van der Waals surface area contributed by atoms with Crippen molar-refractivity contribution >= 4 is 38.6 Å². The first-order chi connectivity index (χ1) is 9.28. The molecule has 0 saturated carbocycles. The van der Waals surface area contributed by atoms with Gasteiger partial charge >= 0.3 is 0 Å². The maximum atomic E-state index is 5.25. The lowest BCUT2D eigenvalue weighted by Crippen LogP contribution is -1.82. The smallest absolute Gasteiger partial charge is 0.119 e. The highest BCUT2D eigenvalue weighted by Gasteiger charge is 2.08. The van der Waals surface area contributed by atoms with Crippen LogP contribution in [0, 0.1) is 0 Å². The summed E-state index contributed by atoms with van der Waals surface area (Å²) in [6, 6.07) is 14.3. The Bertz CT molecular complexity index is 723. The Morgan fingerprint density at radius 3 is 2.84 bits per heavy atom. The monoisotopic (exact) mass is 333 g/mol. The maximum Gasteiger partial charge on any atom is 0.119 e. The van der Waals surface area contributed by atoms with Crippen molar-refractivity contribution < 1.29 is 4.74 Å². The average Bonchev–Trinajstić information content (AvgIpc) is 2.84. The first kappa shape index (κ1) is 12.6. The van der Waals surface area contributed by atoms with Gasteiger partial charge in [-0.3, -0.25) is 0 Å². The predicted molar refractivity (Wildman–Crippen MR) is 83.1 cm³/mol. The molecular formula is C15H12BrNOS. The van der Waals surface area contributed by atoms with Crippen LogP contribution in [0.3, 0.4) is 0 Å². The minimum absolute atomic E-state index is 0.879. The molecule has 0 aliphatic rings. The summed E-state index contributed by atoms with van der Waals surface area (Å²) in [5.41, 5.74) is 1.14. The van der Waals surface area contributed by atoms with Crippen LogP contribution in [0.15, 0.2) is 62.9 Å². The van der Waals surface area contributed by atoms with Crippen LogP contribution in [0.5, 0.6) is 5.75 Å². The molecular weight excluding hydrogens is 322 g/mol. The van der Waals surface area contributed by atoms with Gasteiger partial charge in [-0.05, 0) is 30.3 Å². The summed E-state index contributed by atoms with van der Waals surface area (Å²) in [7, 11) is 1.69. The third kappa shape index (κ3) is 2.51. The molecule has 0 amide bonds. The zero-order valence-electron chi connectivity index (χ0n) is 10.3. The molecule has 0 radical (unpaired) electrons. The van der Waals surface area contributed by atoms with E-state index in [0.29, 0.717) is 0 Å². The number of hydrogen-bond acceptors (Lipinski definition) is 2. The molecule has 4 heteroatoms. The van der Waals surface area contributed by atoms with Crippen LogP contribution in [-0.2, 0) is 0 Å². The molecule has 19 heavy (non-hydrogen) atoms. The van der Waals surface area contributed by atoms with Crippen LogP contribution in [0.2, 0.25) is 0 Å². The molecule has 0 atom stereocenters. The number of benzene rings is 2. The Hall–Kier alpha value is -1.39. The highest BCUT2D eigenvalue weighted by molar-refractivity contribution is 9.10. The zero-order chi connectivity index (χ0) is 13.2. The van der Waals surface area contributed by atoms with Crippen molar-refractivity contribution in [1.82, 2.24) is 4.98 Å². The molecule has 2 nitrogen and oxygen atoms in total. The Kier molecular flexibility index (Phi) is 3.53. The fourth-order valence-electron chi connectivity index (χ4n) is 1.98. The van der Waals surface area contributed by atoms with E-state index >= 15 is 0 Å². The number of fused-ring (bicyclic) bond motifs is 1. The van der Waals surface area contributed by atoms with Crippen molar-refractivity contribution in [1.29, 1.82) is 0 Å². The highest BCUT2D eigenvalue weighted by Crippen LogP contribution is 2.37. The standard InChI is InChI=1S/C15H12BrNOS/c1-18-10-4-2-5-11(8-10)19-14-9-17-13-7-3-6-12(16)15(13)14/h2-9,17H,1H3. The van der Waals surface area contributed by atoms with Crippen LogP contribution < -0.4 is 4.74 Å². The topological polar surface area (TPSA) is 25.0 Å². The lowest BCUT2D eigenvalue weighted by molar-refractivity contribution is 0.413. The minimum atomic E-state index is 0.879. The third-order valence-electron chi connectivity index (χ3n) is 2.89. The Balaban J connectivity index is 2.01. The Labute approximate surface area is 124 Å². The summed E-state index contributed by atoms with van der Waals surface area (Å²) in [5.74, 6) is 0.879. The molecule has 3 aromatic rings. The quantitative estimate of drug-likeness (QED) is 0.722. The van der Waals surface area contributed by atoms with Gasteiger partial charge in [-0.25, -0.2) is 0 Å². The number of hydrogen-bond donors (Lipinski definition) is 1. The van der Waals surface area contributed by atoms with Crippen LogP contribution in [0.25, 0.3) is 10.9 Å².